The van der Waals surface area contributed by atoms with Crippen LogP contribution in [-0.4, -0.2) is 34.0 Å². The summed E-state index contributed by atoms with van der Waals surface area (Å²) in [5.41, 5.74) is 6.43. The van der Waals surface area contributed by atoms with Crippen molar-refractivity contribution in [1.82, 2.24) is 0 Å². The topological polar surface area (TPSA) is 63.4 Å². The maximum Gasteiger partial charge on any atom is 0.149 e. The Morgan fingerprint density at radius 2 is 2.06 bits per heavy atom. The summed E-state index contributed by atoms with van der Waals surface area (Å²) >= 11 is 5.57. The van der Waals surface area contributed by atoms with Crippen LogP contribution in [0.2, 0.25) is 5.02 Å². The minimum atomic E-state index is -3.06. The third kappa shape index (κ3) is 4.05. The fourth-order valence-electron chi connectivity index (χ4n) is 1.31. The lowest BCUT2D eigenvalue weighted by molar-refractivity contribution is 0.601. The van der Waals surface area contributed by atoms with Crippen LogP contribution in [0.25, 0.3) is 0 Å². The van der Waals surface area contributed by atoms with E-state index < -0.39 is 15.7 Å². The molecule has 1 aromatic rings. The molecule has 1 aromatic carbocycles. The van der Waals surface area contributed by atoms with Gasteiger partial charge in [-0.2, -0.15) is 0 Å². The molecule has 0 aliphatic heterocycles. The average molecular weight is 281 g/mol. The van der Waals surface area contributed by atoms with Crippen LogP contribution in [-0.2, 0) is 9.84 Å². The summed E-state index contributed by atoms with van der Waals surface area (Å²) in [5.74, 6) is -0.602. The molecule has 0 saturated carbocycles. The van der Waals surface area contributed by atoms with Gasteiger partial charge in [-0.05, 0) is 6.07 Å². The lowest BCUT2D eigenvalue weighted by atomic mass is 10.2. The zero-order chi connectivity index (χ0) is 13.2. The summed E-state index contributed by atoms with van der Waals surface area (Å²) in [6, 6.07) is 2.50. The average Bonchev–Trinajstić information content (AvgIpc) is 2.19. The molecular formula is C10H14ClFN2O2S. The highest BCUT2D eigenvalue weighted by Crippen LogP contribution is 2.28. The molecule has 96 valence electrons. The number of nitrogens with two attached hydrogens (primary N) is 1. The van der Waals surface area contributed by atoms with Crippen LogP contribution in [0.1, 0.15) is 0 Å². The number of hydrogen-bond acceptors (Lipinski definition) is 4. The number of halogens is 2. The van der Waals surface area contributed by atoms with Crippen molar-refractivity contribution >= 4 is 32.8 Å². The molecule has 0 radical (unpaired) electrons. The molecule has 2 N–H and O–H groups in total. The molecule has 0 atom stereocenters. The highest BCUT2D eigenvalue weighted by Gasteiger charge is 2.12. The number of anilines is 2. The number of nitrogen functional groups attached to an aromatic ring is 1. The standard InChI is InChI=1S/C10H14ClFN2O2S/c1-14(3-4-17(2,15)16)10-6-8(12)7(11)5-9(10)13/h5-6H,3-4,13H2,1-2H3. The maximum absolute atomic E-state index is 13.3. The van der Waals surface area contributed by atoms with Crippen molar-refractivity contribution < 1.29 is 12.8 Å². The predicted molar refractivity (Wildman–Crippen MR) is 68.8 cm³/mol. The van der Waals surface area contributed by atoms with E-state index in [4.69, 9.17) is 17.3 Å². The Labute approximate surface area is 105 Å². The molecular weight excluding hydrogens is 267 g/mol. The molecule has 7 heteroatoms. The second kappa shape index (κ2) is 5.10. The Morgan fingerprint density at radius 3 is 2.59 bits per heavy atom. The first-order valence-corrected chi connectivity index (χ1v) is 7.28. The van der Waals surface area contributed by atoms with Gasteiger partial charge in [-0.1, -0.05) is 11.6 Å². The van der Waals surface area contributed by atoms with Crippen LogP contribution in [0, 0.1) is 5.82 Å². The summed E-state index contributed by atoms with van der Waals surface area (Å²) < 4.78 is 35.3. The van der Waals surface area contributed by atoms with Crippen molar-refractivity contribution in [3.8, 4) is 0 Å². The lowest BCUT2D eigenvalue weighted by Crippen LogP contribution is -2.25. The third-order valence-corrected chi connectivity index (χ3v) is 3.49. The van der Waals surface area contributed by atoms with Crippen LogP contribution in [0.15, 0.2) is 12.1 Å². The van der Waals surface area contributed by atoms with Crippen molar-refractivity contribution in [3.63, 3.8) is 0 Å². The third-order valence-electron chi connectivity index (χ3n) is 2.28. The Bertz CT molecular complexity index is 519. The minimum absolute atomic E-state index is 0.0206. The number of benzene rings is 1. The fraction of sp³-hybridized carbons (Fsp3) is 0.400. The molecule has 17 heavy (non-hydrogen) atoms. The van der Waals surface area contributed by atoms with Gasteiger partial charge >= 0.3 is 0 Å². The summed E-state index contributed by atoms with van der Waals surface area (Å²) in [5, 5.41) is -0.0530. The van der Waals surface area contributed by atoms with Crippen LogP contribution in [0.3, 0.4) is 0 Å². The molecule has 0 aromatic heterocycles. The molecule has 0 fully saturated rings. The molecule has 0 aliphatic rings. The lowest BCUT2D eigenvalue weighted by Gasteiger charge is -2.20. The predicted octanol–water partition coefficient (Wildman–Crippen LogP) is 1.54. The SMILES string of the molecule is CN(CCS(C)(=O)=O)c1cc(F)c(Cl)cc1N. The molecule has 0 saturated heterocycles. The molecule has 0 unspecified atom stereocenters. The Kier molecular flexibility index (Phi) is 4.21. The smallest absolute Gasteiger partial charge is 0.149 e. The molecule has 1 rings (SSSR count). The van der Waals surface area contributed by atoms with Crippen LogP contribution < -0.4 is 10.6 Å². The fourth-order valence-corrected chi connectivity index (χ4v) is 2.08. The second-order valence-corrected chi connectivity index (χ2v) is 6.54. The van der Waals surface area contributed by atoms with Gasteiger partial charge in [0.15, 0.2) is 0 Å². The van der Waals surface area contributed by atoms with E-state index in [0.717, 1.165) is 6.26 Å². The Morgan fingerprint density at radius 1 is 1.47 bits per heavy atom. The number of hydrogen-bond donors (Lipinski definition) is 1. The summed E-state index contributed by atoms with van der Waals surface area (Å²) in [4.78, 5) is 1.58. The zero-order valence-electron chi connectivity index (χ0n) is 9.57. The van der Waals surface area contributed by atoms with Gasteiger partial charge in [0.2, 0.25) is 0 Å². The quantitative estimate of drug-likeness (QED) is 0.850. The van der Waals surface area contributed by atoms with Gasteiger partial charge in [-0.3, -0.25) is 0 Å². The van der Waals surface area contributed by atoms with E-state index in [2.05, 4.69) is 0 Å². The highest BCUT2D eigenvalue weighted by molar-refractivity contribution is 7.90. The van der Waals surface area contributed by atoms with Gasteiger partial charge in [-0.15, -0.1) is 0 Å². The van der Waals surface area contributed by atoms with E-state index in [-0.39, 0.29) is 17.3 Å². The van der Waals surface area contributed by atoms with Gasteiger partial charge in [0.25, 0.3) is 0 Å². The van der Waals surface area contributed by atoms with E-state index in [1.807, 2.05) is 0 Å². The van der Waals surface area contributed by atoms with Gasteiger partial charge in [-0.25, -0.2) is 12.8 Å². The van der Waals surface area contributed by atoms with Crippen molar-refractivity contribution in [1.29, 1.82) is 0 Å². The van der Waals surface area contributed by atoms with Gasteiger partial charge in [0, 0.05) is 25.9 Å². The van der Waals surface area contributed by atoms with Gasteiger partial charge in [0.05, 0.1) is 22.2 Å². The van der Waals surface area contributed by atoms with Gasteiger partial charge in [0.1, 0.15) is 15.7 Å². The van der Waals surface area contributed by atoms with Crippen LogP contribution in [0.4, 0.5) is 15.8 Å². The Balaban J connectivity index is 2.89. The highest BCUT2D eigenvalue weighted by atomic mass is 35.5. The largest absolute Gasteiger partial charge is 0.397 e. The molecule has 0 amide bonds. The molecule has 4 nitrogen and oxygen atoms in total. The van der Waals surface area contributed by atoms with Crippen molar-refractivity contribution in [3.05, 3.63) is 23.0 Å². The summed E-state index contributed by atoms with van der Waals surface area (Å²) in [6.07, 6.45) is 1.15. The monoisotopic (exact) mass is 280 g/mol. The van der Waals surface area contributed by atoms with E-state index in [9.17, 15) is 12.8 Å². The first-order valence-electron chi connectivity index (χ1n) is 4.84. The summed E-state index contributed by atoms with van der Waals surface area (Å²) in [7, 11) is -1.42. The molecule has 0 bridgehead atoms. The van der Waals surface area contributed by atoms with E-state index in [1.54, 1.807) is 11.9 Å². The van der Waals surface area contributed by atoms with Crippen molar-refractivity contribution in [2.45, 2.75) is 0 Å². The van der Waals surface area contributed by atoms with Crippen LogP contribution in [0.5, 0.6) is 0 Å². The number of sulfone groups is 1. The van der Waals surface area contributed by atoms with Crippen molar-refractivity contribution in [2.75, 3.05) is 36.2 Å². The maximum atomic E-state index is 13.3. The van der Waals surface area contributed by atoms with E-state index in [0.29, 0.717) is 11.4 Å². The van der Waals surface area contributed by atoms with Crippen LogP contribution >= 0.6 is 11.6 Å². The molecule has 0 heterocycles. The Hall–Kier alpha value is -1.01. The van der Waals surface area contributed by atoms with E-state index in [1.165, 1.54) is 12.1 Å². The van der Waals surface area contributed by atoms with Crippen molar-refractivity contribution in [2.24, 2.45) is 0 Å². The number of rotatable bonds is 4. The zero-order valence-corrected chi connectivity index (χ0v) is 11.1. The van der Waals surface area contributed by atoms with Gasteiger partial charge < -0.3 is 10.6 Å². The second-order valence-electron chi connectivity index (χ2n) is 3.88. The first kappa shape index (κ1) is 14.1. The van der Waals surface area contributed by atoms with E-state index >= 15 is 0 Å². The minimum Gasteiger partial charge on any atom is -0.397 e. The summed E-state index contributed by atoms with van der Waals surface area (Å²) in [6.45, 7) is 0.240. The normalized spacial score (nSPS) is 11.5. The number of nitrogens with zero attached hydrogens (tertiary/aromatic N) is 1. The first-order chi connectivity index (χ1) is 7.70. The molecule has 0 aliphatic carbocycles. The molecule has 0 spiro atoms.